The average Bonchev–Trinajstić information content (AvgIpc) is 3.17. The fourth-order valence-electron chi connectivity index (χ4n) is 3.60. The van der Waals surface area contributed by atoms with E-state index in [0.717, 1.165) is 39.3 Å². The van der Waals surface area contributed by atoms with E-state index in [2.05, 4.69) is 19.1 Å². The fourth-order valence-corrected chi connectivity index (χ4v) is 3.60. The molecule has 0 saturated carbocycles. The average molecular weight is 386 g/mol. The minimum absolute atomic E-state index is 0.347. The predicted molar refractivity (Wildman–Crippen MR) is 113 cm³/mol. The van der Waals surface area contributed by atoms with Gasteiger partial charge in [0.15, 0.2) is 0 Å². The molecule has 146 valence electrons. The van der Waals surface area contributed by atoms with Crippen molar-refractivity contribution in [2.75, 3.05) is 20.8 Å². The van der Waals surface area contributed by atoms with Gasteiger partial charge in [-0.1, -0.05) is 35.9 Å². The highest BCUT2D eigenvalue weighted by atomic mass is 16.5. The lowest BCUT2D eigenvalue weighted by Crippen LogP contribution is -2.02. The molecule has 1 aliphatic rings. The molecular weight excluding hydrogens is 364 g/mol. The van der Waals surface area contributed by atoms with E-state index in [1.54, 1.807) is 19.2 Å². The van der Waals surface area contributed by atoms with Crippen LogP contribution in [0, 0.1) is 6.92 Å². The number of rotatable bonds is 4. The topological polar surface area (TPSA) is 44.8 Å². The van der Waals surface area contributed by atoms with Crippen LogP contribution in [0.3, 0.4) is 0 Å². The van der Waals surface area contributed by atoms with Gasteiger partial charge < -0.3 is 14.2 Å². The Morgan fingerprint density at radius 1 is 0.862 bits per heavy atom. The quantitative estimate of drug-likeness (QED) is 0.582. The second-order valence-corrected chi connectivity index (χ2v) is 6.94. The second-order valence-electron chi connectivity index (χ2n) is 6.94. The first-order valence-electron chi connectivity index (χ1n) is 9.41. The van der Waals surface area contributed by atoms with Crippen LogP contribution in [0.1, 0.15) is 32.6 Å². The summed E-state index contributed by atoms with van der Waals surface area (Å²) in [7, 11) is 3.04. The summed E-state index contributed by atoms with van der Waals surface area (Å²) in [6.45, 7) is 2.58. The first kappa shape index (κ1) is 18.8. The van der Waals surface area contributed by atoms with Crippen molar-refractivity contribution in [3.05, 3.63) is 94.5 Å². The number of carbonyl (C=O) groups is 1. The lowest BCUT2D eigenvalue weighted by Gasteiger charge is -2.14. The van der Waals surface area contributed by atoms with Crippen molar-refractivity contribution in [3.8, 4) is 11.5 Å². The maximum absolute atomic E-state index is 11.8. The summed E-state index contributed by atoms with van der Waals surface area (Å²) in [5.74, 6) is 1.35. The second kappa shape index (κ2) is 7.84. The van der Waals surface area contributed by atoms with Crippen molar-refractivity contribution in [1.29, 1.82) is 0 Å². The molecular formula is C25H22O4. The van der Waals surface area contributed by atoms with Gasteiger partial charge in [-0.15, -0.1) is 0 Å². The molecule has 29 heavy (non-hydrogen) atoms. The molecule has 0 aromatic heterocycles. The third-order valence-corrected chi connectivity index (χ3v) is 5.11. The number of benzene rings is 3. The Bertz CT molecular complexity index is 1080. The zero-order valence-corrected chi connectivity index (χ0v) is 16.7. The normalized spacial score (nSPS) is 14.0. The molecule has 0 unspecified atom stereocenters. The molecule has 0 aliphatic carbocycles. The van der Waals surface area contributed by atoms with E-state index in [4.69, 9.17) is 14.2 Å². The number of methoxy groups -OCH3 is 2. The van der Waals surface area contributed by atoms with Gasteiger partial charge in [-0.2, -0.15) is 0 Å². The minimum atomic E-state index is -0.347. The maximum atomic E-state index is 11.8. The van der Waals surface area contributed by atoms with Crippen molar-refractivity contribution >= 4 is 17.1 Å². The van der Waals surface area contributed by atoms with E-state index in [1.165, 1.54) is 12.7 Å². The summed E-state index contributed by atoms with van der Waals surface area (Å²) in [4.78, 5) is 11.8. The van der Waals surface area contributed by atoms with Gasteiger partial charge in [-0.3, -0.25) is 0 Å². The predicted octanol–water partition coefficient (Wildman–Crippen LogP) is 5.14. The highest BCUT2D eigenvalue weighted by Gasteiger charge is 2.23. The largest absolute Gasteiger partial charge is 0.497 e. The number of esters is 1. The highest BCUT2D eigenvalue weighted by molar-refractivity contribution is 6.02. The lowest BCUT2D eigenvalue weighted by atomic mass is 9.89. The molecule has 4 heteroatoms. The molecule has 1 heterocycles. The summed E-state index contributed by atoms with van der Waals surface area (Å²) < 4.78 is 16.1. The van der Waals surface area contributed by atoms with Crippen molar-refractivity contribution in [3.63, 3.8) is 0 Å². The lowest BCUT2D eigenvalue weighted by molar-refractivity contribution is 0.0600. The summed E-state index contributed by atoms with van der Waals surface area (Å²) in [6.07, 6.45) is 0. The molecule has 0 bridgehead atoms. The van der Waals surface area contributed by atoms with E-state index in [0.29, 0.717) is 12.2 Å². The van der Waals surface area contributed by atoms with Crippen molar-refractivity contribution in [2.45, 2.75) is 6.92 Å². The van der Waals surface area contributed by atoms with Crippen molar-refractivity contribution in [1.82, 2.24) is 0 Å². The number of ether oxygens (including phenoxy) is 3. The Labute approximate surface area is 170 Å². The Morgan fingerprint density at radius 3 is 2.10 bits per heavy atom. The first-order valence-corrected chi connectivity index (χ1v) is 9.41. The summed E-state index contributed by atoms with van der Waals surface area (Å²) in [5, 5.41) is 0. The summed E-state index contributed by atoms with van der Waals surface area (Å²) >= 11 is 0. The van der Waals surface area contributed by atoms with E-state index >= 15 is 0 Å². The third-order valence-electron chi connectivity index (χ3n) is 5.11. The number of carbonyl (C=O) groups excluding carboxylic acids is 1. The Kier molecular flexibility index (Phi) is 5.09. The molecule has 0 spiro atoms. The smallest absolute Gasteiger partial charge is 0.337 e. The molecule has 3 aromatic rings. The van der Waals surface area contributed by atoms with Gasteiger partial charge in [0, 0.05) is 11.1 Å². The van der Waals surface area contributed by atoms with Crippen molar-refractivity contribution in [2.24, 2.45) is 0 Å². The number of fused-ring (bicyclic) bond motifs is 1. The van der Waals surface area contributed by atoms with E-state index < -0.39 is 0 Å². The standard InChI is InChI=1S/C25H22O4/c1-16-4-13-23-21(14-16)22(15-29-23)24(18-9-11-20(27-2)12-10-18)17-5-7-19(8-6-17)25(26)28-3/h4-14H,15H2,1-3H3/b24-22+. The monoisotopic (exact) mass is 386 g/mol. The summed E-state index contributed by atoms with van der Waals surface area (Å²) in [5.41, 5.74) is 7.08. The van der Waals surface area contributed by atoms with Crippen LogP contribution in [0.25, 0.3) is 11.1 Å². The van der Waals surface area contributed by atoms with Crippen LogP contribution < -0.4 is 9.47 Å². The van der Waals surface area contributed by atoms with Crippen LogP contribution in [-0.4, -0.2) is 26.8 Å². The van der Waals surface area contributed by atoms with Gasteiger partial charge in [0.2, 0.25) is 0 Å². The van der Waals surface area contributed by atoms with Crippen LogP contribution in [0.4, 0.5) is 0 Å². The molecule has 0 radical (unpaired) electrons. The van der Waals surface area contributed by atoms with Gasteiger partial charge >= 0.3 is 5.97 Å². The number of aryl methyl sites for hydroxylation is 1. The minimum Gasteiger partial charge on any atom is -0.497 e. The van der Waals surface area contributed by atoms with Crippen LogP contribution >= 0.6 is 0 Å². The van der Waals surface area contributed by atoms with Crippen LogP contribution in [0.5, 0.6) is 11.5 Å². The van der Waals surface area contributed by atoms with E-state index in [1.807, 2.05) is 42.5 Å². The molecule has 0 atom stereocenters. The molecule has 4 rings (SSSR count). The molecule has 0 N–H and O–H groups in total. The third kappa shape index (κ3) is 3.61. The zero-order valence-electron chi connectivity index (χ0n) is 16.7. The Hall–Kier alpha value is -3.53. The number of hydrogen-bond donors (Lipinski definition) is 0. The van der Waals surface area contributed by atoms with Gasteiger partial charge in [0.1, 0.15) is 18.1 Å². The maximum Gasteiger partial charge on any atom is 0.337 e. The highest BCUT2D eigenvalue weighted by Crippen LogP contribution is 2.41. The molecule has 0 saturated heterocycles. The van der Waals surface area contributed by atoms with Gasteiger partial charge in [0.25, 0.3) is 0 Å². The van der Waals surface area contributed by atoms with Crippen molar-refractivity contribution < 1.29 is 19.0 Å². The molecule has 4 nitrogen and oxygen atoms in total. The summed E-state index contributed by atoms with van der Waals surface area (Å²) in [6, 6.07) is 21.7. The van der Waals surface area contributed by atoms with Gasteiger partial charge in [0.05, 0.1) is 19.8 Å². The van der Waals surface area contributed by atoms with Crippen LogP contribution in [0.2, 0.25) is 0 Å². The molecule has 3 aromatic carbocycles. The molecule has 0 amide bonds. The Morgan fingerprint density at radius 2 is 1.48 bits per heavy atom. The van der Waals surface area contributed by atoms with Crippen LogP contribution in [-0.2, 0) is 4.74 Å². The SMILES string of the molecule is COC(=O)c1ccc(/C(=C2/COc3ccc(C)cc32)c2ccc(OC)cc2)cc1. The fraction of sp³-hybridized carbons (Fsp3) is 0.160. The van der Waals surface area contributed by atoms with Gasteiger partial charge in [-0.05, 0) is 60.0 Å². The Balaban J connectivity index is 1.89. The first-order chi connectivity index (χ1) is 14.1. The zero-order chi connectivity index (χ0) is 20.4. The van der Waals surface area contributed by atoms with Gasteiger partial charge in [-0.25, -0.2) is 4.79 Å². The van der Waals surface area contributed by atoms with E-state index in [9.17, 15) is 4.79 Å². The van der Waals surface area contributed by atoms with E-state index in [-0.39, 0.29) is 5.97 Å². The van der Waals surface area contributed by atoms with Crippen LogP contribution in [0.15, 0.2) is 66.7 Å². The molecule has 0 fully saturated rings. The number of hydrogen-bond acceptors (Lipinski definition) is 4. The molecule has 1 aliphatic heterocycles.